The van der Waals surface area contributed by atoms with Crippen LogP contribution < -0.4 is 15.0 Å². The molecular weight excluding hydrogens is 314 g/mol. The predicted molar refractivity (Wildman–Crippen MR) is 99.3 cm³/mol. The monoisotopic (exact) mass is 339 g/mol. The molecule has 0 spiro atoms. The summed E-state index contributed by atoms with van der Waals surface area (Å²) in [6, 6.07) is 8.99. The van der Waals surface area contributed by atoms with Gasteiger partial charge in [0.15, 0.2) is 0 Å². The number of aromatic nitrogens is 2. The van der Waals surface area contributed by atoms with Gasteiger partial charge >= 0.3 is 0 Å². The van der Waals surface area contributed by atoms with E-state index in [-0.39, 0.29) is 0 Å². The summed E-state index contributed by atoms with van der Waals surface area (Å²) in [5, 5.41) is 3.55. The van der Waals surface area contributed by atoms with Gasteiger partial charge in [0, 0.05) is 52.4 Å². The summed E-state index contributed by atoms with van der Waals surface area (Å²) >= 11 is 0. The van der Waals surface area contributed by atoms with Crippen LogP contribution in [-0.2, 0) is 13.0 Å². The van der Waals surface area contributed by atoms with E-state index in [9.17, 15) is 0 Å². The zero-order valence-electron chi connectivity index (χ0n) is 14.9. The molecular formula is C19H25N5O. The number of nitrogens with one attached hydrogen (secondary N) is 1. The van der Waals surface area contributed by atoms with Gasteiger partial charge in [-0.05, 0) is 29.7 Å². The van der Waals surface area contributed by atoms with Gasteiger partial charge in [0.1, 0.15) is 11.6 Å². The lowest BCUT2D eigenvalue weighted by atomic mass is 10.1. The van der Waals surface area contributed by atoms with Gasteiger partial charge in [-0.25, -0.2) is 4.98 Å². The summed E-state index contributed by atoms with van der Waals surface area (Å²) in [4.78, 5) is 13.2. The Bertz CT molecular complexity index is 748. The maximum Gasteiger partial charge on any atom is 0.226 e. The SMILES string of the molecule is CN(C)c1nccc(NC2CCN(Cc3ccc4c(c3)CCO4)C2)n1. The van der Waals surface area contributed by atoms with Crippen LogP contribution in [0.25, 0.3) is 0 Å². The van der Waals surface area contributed by atoms with Crippen molar-refractivity contribution < 1.29 is 4.74 Å². The summed E-state index contributed by atoms with van der Waals surface area (Å²) < 4.78 is 5.59. The zero-order valence-corrected chi connectivity index (χ0v) is 14.9. The lowest BCUT2D eigenvalue weighted by Crippen LogP contribution is -2.26. The minimum absolute atomic E-state index is 0.433. The zero-order chi connectivity index (χ0) is 17.2. The number of benzene rings is 1. The van der Waals surface area contributed by atoms with E-state index in [0.717, 1.165) is 56.6 Å². The number of rotatable bonds is 5. The number of hydrogen-bond donors (Lipinski definition) is 1. The van der Waals surface area contributed by atoms with Gasteiger partial charge < -0.3 is 15.0 Å². The van der Waals surface area contributed by atoms with E-state index in [0.29, 0.717) is 6.04 Å². The minimum Gasteiger partial charge on any atom is -0.493 e. The highest BCUT2D eigenvalue weighted by atomic mass is 16.5. The number of ether oxygens (including phenoxy) is 1. The van der Waals surface area contributed by atoms with Crippen molar-refractivity contribution in [2.45, 2.75) is 25.4 Å². The number of fused-ring (bicyclic) bond motifs is 1. The van der Waals surface area contributed by atoms with Crippen molar-refractivity contribution in [1.82, 2.24) is 14.9 Å². The number of nitrogens with zero attached hydrogens (tertiary/aromatic N) is 4. The Morgan fingerprint density at radius 2 is 2.24 bits per heavy atom. The van der Waals surface area contributed by atoms with Crippen LogP contribution in [0.2, 0.25) is 0 Å². The largest absolute Gasteiger partial charge is 0.493 e. The molecule has 1 saturated heterocycles. The van der Waals surface area contributed by atoms with E-state index >= 15 is 0 Å². The average molecular weight is 339 g/mol. The van der Waals surface area contributed by atoms with Crippen LogP contribution in [0.3, 0.4) is 0 Å². The first-order valence-corrected chi connectivity index (χ1v) is 8.91. The van der Waals surface area contributed by atoms with Gasteiger partial charge in [0.05, 0.1) is 6.61 Å². The van der Waals surface area contributed by atoms with Crippen LogP contribution in [0.4, 0.5) is 11.8 Å². The molecule has 6 nitrogen and oxygen atoms in total. The summed E-state index contributed by atoms with van der Waals surface area (Å²) in [5.41, 5.74) is 2.73. The second-order valence-electron chi connectivity index (χ2n) is 7.04. The molecule has 1 fully saturated rings. The van der Waals surface area contributed by atoms with Crippen LogP contribution in [0, 0.1) is 0 Å². The molecule has 3 heterocycles. The van der Waals surface area contributed by atoms with Gasteiger partial charge in [-0.2, -0.15) is 4.98 Å². The number of anilines is 2. The number of hydrogen-bond acceptors (Lipinski definition) is 6. The molecule has 1 unspecified atom stereocenters. The first kappa shape index (κ1) is 16.1. The summed E-state index contributed by atoms with van der Waals surface area (Å²) in [6.45, 7) is 3.96. The van der Waals surface area contributed by atoms with Crippen molar-refractivity contribution in [2.24, 2.45) is 0 Å². The Morgan fingerprint density at radius 1 is 1.32 bits per heavy atom. The minimum atomic E-state index is 0.433. The molecule has 1 aromatic heterocycles. The highest BCUT2D eigenvalue weighted by Crippen LogP contribution is 2.27. The molecule has 2 aliphatic rings. The lowest BCUT2D eigenvalue weighted by Gasteiger charge is -2.18. The molecule has 0 amide bonds. The highest BCUT2D eigenvalue weighted by molar-refractivity contribution is 5.42. The van der Waals surface area contributed by atoms with Crippen LogP contribution in [0.5, 0.6) is 5.75 Å². The molecule has 2 aliphatic heterocycles. The van der Waals surface area contributed by atoms with E-state index in [2.05, 4.69) is 38.4 Å². The molecule has 25 heavy (non-hydrogen) atoms. The normalized spacial score (nSPS) is 19.5. The molecule has 0 bridgehead atoms. The van der Waals surface area contributed by atoms with Crippen molar-refractivity contribution in [3.05, 3.63) is 41.6 Å². The Hall–Kier alpha value is -2.34. The Morgan fingerprint density at radius 3 is 3.12 bits per heavy atom. The first-order chi connectivity index (χ1) is 12.2. The third-order valence-electron chi connectivity index (χ3n) is 4.83. The molecule has 4 rings (SSSR count). The van der Waals surface area contributed by atoms with Crippen molar-refractivity contribution in [3.63, 3.8) is 0 Å². The average Bonchev–Trinajstić information content (AvgIpc) is 3.24. The fraction of sp³-hybridized carbons (Fsp3) is 0.474. The van der Waals surface area contributed by atoms with E-state index in [4.69, 9.17) is 4.74 Å². The van der Waals surface area contributed by atoms with Crippen LogP contribution >= 0.6 is 0 Å². The maximum atomic E-state index is 5.59. The van der Waals surface area contributed by atoms with Crippen molar-refractivity contribution in [1.29, 1.82) is 0 Å². The maximum absolute atomic E-state index is 5.59. The van der Waals surface area contributed by atoms with Gasteiger partial charge in [-0.15, -0.1) is 0 Å². The topological polar surface area (TPSA) is 53.5 Å². The van der Waals surface area contributed by atoms with Crippen LogP contribution in [0.15, 0.2) is 30.5 Å². The molecule has 6 heteroatoms. The third-order valence-corrected chi connectivity index (χ3v) is 4.83. The van der Waals surface area contributed by atoms with Crippen LogP contribution in [0.1, 0.15) is 17.5 Å². The molecule has 1 aromatic carbocycles. The fourth-order valence-electron chi connectivity index (χ4n) is 3.54. The highest BCUT2D eigenvalue weighted by Gasteiger charge is 2.23. The van der Waals surface area contributed by atoms with Crippen molar-refractivity contribution >= 4 is 11.8 Å². The van der Waals surface area contributed by atoms with Crippen molar-refractivity contribution in [3.8, 4) is 5.75 Å². The summed E-state index contributed by atoms with van der Waals surface area (Å²) in [7, 11) is 3.91. The molecule has 0 radical (unpaired) electrons. The summed E-state index contributed by atoms with van der Waals surface area (Å²) in [6.07, 6.45) is 3.98. The molecule has 1 atom stereocenters. The first-order valence-electron chi connectivity index (χ1n) is 8.91. The van der Waals surface area contributed by atoms with Gasteiger partial charge in [-0.1, -0.05) is 12.1 Å². The predicted octanol–water partition coefficient (Wildman–Crippen LogP) is 2.16. The third kappa shape index (κ3) is 3.69. The standard InChI is InChI=1S/C19H25N5O/c1-23(2)19-20-8-5-18(22-19)21-16-6-9-24(13-16)12-14-3-4-17-15(11-14)7-10-25-17/h3-5,8,11,16H,6-7,9-10,12-13H2,1-2H3,(H,20,21,22). The molecule has 0 aliphatic carbocycles. The molecule has 2 aromatic rings. The lowest BCUT2D eigenvalue weighted by molar-refractivity contribution is 0.328. The second kappa shape index (κ2) is 6.88. The van der Waals surface area contributed by atoms with Crippen LogP contribution in [-0.4, -0.2) is 54.7 Å². The second-order valence-corrected chi connectivity index (χ2v) is 7.04. The van der Waals surface area contributed by atoms with Gasteiger partial charge in [0.2, 0.25) is 5.95 Å². The Kier molecular flexibility index (Phi) is 4.44. The van der Waals surface area contributed by atoms with E-state index in [1.54, 1.807) is 0 Å². The quantitative estimate of drug-likeness (QED) is 0.901. The van der Waals surface area contributed by atoms with E-state index in [1.165, 1.54) is 11.1 Å². The van der Waals surface area contributed by atoms with Gasteiger partial charge in [0.25, 0.3) is 0 Å². The number of likely N-dealkylation sites (tertiary alicyclic amines) is 1. The van der Waals surface area contributed by atoms with Crippen molar-refractivity contribution in [2.75, 3.05) is 44.0 Å². The van der Waals surface area contributed by atoms with Gasteiger partial charge in [-0.3, -0.25) is 4.90 Å². The van der Waals surface area contributed by atoms with E-state index < -0.39 is 0 Å². The smallest absolute Gasteiger partial charge is 0.226 e. The fourth-order valence-corrected chi connectivity index (χ4v) is 3.54. The molecule has 132 valence electrons. The Labute approximate surface area is 148 Å². The summed E-state index contributed by atoms with van der Waals surface area (Å²) in [5.74, 6) is 2.70. The molecule has 0 saturated carbocycles. The Balaban J connectivity index is 1.34. The van der Waals surface area contributed by atoms with E-state index in [1.807, 2.05) is 31.3 Å². The molecule has 1 N–H and O–H groups in total.